The van der Waals surface area contributed by atoms with Gasteiger partial charge in [0.25, 0.3) is 0 Å². The Bertz CT molecular complexity index is 581. The fourth-order valence-electron chi connectivity index (χ4n) is 1.61. The fourth-order valence-corrected chi connectivity index (χ4v) is 2.18. The minimum Gasteiger partial charge on any atom is -0.375 e. The Morgan fingerprint density at radius 2 is 2.32 bits per heavy atom. The van der Waals surface area contributed by atoms with Crippen molar-refractivity contribution >= 4 is 33.9 Å². The summed E-state index contributed by atoms with van der Waals surface area (Å²) in [5.74, 6) is 0.579. The molecule has 0 aromatic carbocycles. The second-order valence-corrected chi connectivity index (χ2v) is 5.06. The van der Waals surface area contributed by atoms with E-state index in [1.807, 2.05) is 25.1 Å². The summed E-state index contributed by atoms with van der Waals surface area (Å²) in [6, 6.07) is 3.60. The molecule has 3 N–H and O–H groups in total. The number of nitrogens with one attached hydrogen (secondary N) is 1. The molecule has 0 spiro atoms. The van der Waals surface area contributed by atoms with Gasteiger partial charge in [0.05, 0.1) is 17.8 Å². The molecule has 0 saturated heterocycles. The molecule has 0 fully saturated rings. The van der Waals surface area contributed by atoms with E-state index >= 15 is 0 Å². The van der Waals surface area contributed by atoms with Crippen LogP contribution >= 0.6 is 11.3 Å². The van der Waals surface area contributed by atoms with Crippen LogP contribution in [0.25, 0.3) is 0 Å². The first kappa shape index (κ1) is 13.3. The summed E-state index contributed by atoms with van der Waals surface area (Å²) in [5.41, 5.74) is 6.89. The van der Waals surface area contributed by atoms with E-state index in [4.69, 9.17) is 5.73 Å². The number of hydrogen-bond acceptors (Lipinski definition) is 6. The van der Waals surface area contributed by atoms with Gasteiger partial charge in [-0.3, -0.25) is 4.79 Å². The molecule has 0 atom stereocenters. The Morgan fingerprint density at radius 1 is 1.53 bits per heavy atom. The van der Waals surface area contributed by atoms with E-state index in [9.17, 15) is 4.79 Å². The fraction of sp³-hybridized carbons (Fsp3) is 0.250. The Balaban J connectivity index is 2.07. The third-order valence-corrected chi connectivity index (χ3v) is 3.12. The van der Waals surface area contributed by atoms with E-state index in [1.165, 1.54) is 11.3 Å². The number of nitrogens with two attached hydrogens (primary N) is 1. The number of pyridine rings is 1. The standard InChI is InChI=1S/C12H15N5OS/c1-17(2)11-9(4-3-5-14-11)16-10(18)6-8-7-19-12(13)15-8/h3-5,7H,6H2,1-2H3,(H2,13,15)(H,16,18). The van der Waals surface area contributed by atoms with Crippen LogP contribution in [0.4, 0.5) is 16.6 Å². The van der Waals surface area contributed by atoms with Gasteiger partial charge in [-0.25, -0.2) is 9.97 Å². The number of carbonyl (C=O) groups excluding carboxylic acids is 1. The number of nitrogens with zero attached hydrogens (tertiary/aromatic N) is 3. The lowest BCUT2D eigenvalue weighted by atomic mass is 10.3. The first-order valence-corrected chi connectivity index (χ1v) is 6.56. The second-order valence-electron chi connectivity index (χ2n) is 4.17. The molecule has 0 radical (unpaired) electrons. The molecule has 0 aliphatic carbocycles. The highest BCUT2D eigenvalue weighted by molar-refractivity contribution is 7.13. The average molecular weight is 277 g/mol. The number of amides is 1. The van der Waals surface area contributed by atoms with Crippen molar-refractivity contribution in [3.63, 3.8) is 0 Å². The number of thiazole rings is 1. The van der Waals surface area contributed by atoms with Crippen molar-refractivity contribution in [2.75, 3.05) is 30.0 Å². The van der Waals surface area contributed by atoms with Crippen LogP contribution in [-0.2, 0) is 11.2 Å². The summed E-state index contributed by atoms with van der Waals surface area (Å²) in [4.78, 5) is 22.1. The molecule has 0 saturated carbocycles. The molecule has 0 aliphatic rings. The normalized spacial score (nSPS) is 10.2. The highest BCUT2D eigenvalue weighted by atomic mass is 32.1. The van der Waals surface area contributed by atoms with Gasteiger partial charge >= 0.3 is 0 Å². The summed E-state index contributed by atoms with van der Waals surface area (Å²) in [6.07, 6.45) is 1.89. The van der Waals surface area contributed by atoms with Crippen LogP contribution < -0.4 is 16.0 Å². The van der Waals surface area contributed by atoms with Gasteiger partial charge < -0.3 is 16.0 Å². The van der Waals surface area contributed by atoms with Gasteiger partial charge in [-0.15, -0.1) is 11.3 Å². The van der Waals surface area contributed by atoms with Gasteiger partial charge in [0.2, 0.25) is 5.91 Å². The van der Waals surface area contributed by atoms with Gasteiger partial charge in [0.15, 0.2) is 10.9 Å². The first-order valence-electron chi connectivity index (χ1n) is 5.68. The molecule has 100 valence electrons. The molecule has 2 heterocycles. The molecule has 0 bridgehead atoms. The van der Waals surface area contributed by atoms with Crippen LogP contribution in [0.15, 0.2) is 23.7 Å². The highest BCUT2D eigenvalue weighted by Crippen LogP contribution is 2.20. The zero-order valence-electron chi connectivity index (χ0n) is 10.8. The molecule has 6 nitrogen and oxygen atoms in total. The lowest BCUT2D eigenvalue weighted by molar-refractivity contribution is -0.115. The van der Waals surface area contributed by atoms with Gasteiger partial charge in [-0.05, 0) is 12.1 Å². The molecule has 0 aliphatic heterocycles. The summed E-state index contributed by atoms with van der Waals surface area (Å²) in [5, 5.41) is 5.08. The van der Waals surface area contributed by atoms with Crippen LogP contribution in [0.1, 0.15) is 5.69 Å². The number of aromatic nitrogens is 2. The van der Waals surface area contributed by atoms with E-state index in [2.05, 4.69) is 15.3 Å². The maximum absolute atomic E-state index is 11.9. The topological polar surface area (TPSA) is 84.1 Å². The quantitative estimate of drug-likeness (QED) is 0.881. The lowest BCUT2D eigenvalue weighted by Gasteiger charge is -2.15. The van der Waals surface area contributed by atoms with Crippen LogP contribution in [0.2, 0.25) is 0 Å². The molecule has 2 rings (SSSR count). The third kappa shape index (κ3) is 3.41. The minimum atomic E-state index is -0.138. The van der Waals surface area contributed by atoms with Crippen molar-refractivity contribution in [1.82, 2.24) is 9.97 Å². The molecule has 7 heteroatoms. The van der Waals surface area contributed by atoms with E-state index in [1.54, 1.807) is 17.6 Å². The summed E-state index contributed by atoms with van der Waals surface area (Å²) < 4.78 is 0. The van der Waals surface area contributed by atoms with Crippen molar-refractivity contribution < 1.29 is 4.79 Å². The zero-order valence-corrected chi connectivity index (χ0v) is 11.6. The highest BCUT2D eigenvalue weighted by Gasteiger charge is 2.11. The maximum atomic E-state index is 11.9. The summed E-state index contributed by atoms with van der Waals surface area (Å²) in [7, 11) is 3.75. The molecule has 0 unspecified atom stereocenters. The zero-order chi connectivity index (χ0) is 13.8. The Morgan fingerprint density at radius 3 is 2.95 bits per heavy atom. The number of anilines is 3. The molecule has 19 heavy (non-hydrogen) atoms. The van der Waals surface area contributed by atoms with E-state index in [0.29, 0.717) is 22.3 Å². The molecular formula is C12H15N5OS. The lowest BCUT2D eigenvalue weighted by Crippen LogP contribution is -2.19. The number of carbonyl (C=O) groups is 1. The largest absolute Gasteiger partial charge is 0.375 e. The predicted molar refractivity (Wildman–Crippen MR) is 77.4 cm³/mol. The smallest absolute Gasteiger partial charge is 0.230 e. The molecular weight excluding hydrogens is 262 g/mol. The van der Waals surface area contributed by atoms with Crippen molar-refractivity contribution in [3.8, 4) is 0 Å². The number of hydrogen-bond donors (Lipinski definition) is 2. The molecule has 1 amide bonds. The van der Waals surface area contributed by atoms with Crippen LogP contribution in [0.3, 0.4) is 0 Å². The Labute approximate surface area is 115 Å². The summed E-state index contributed by atoms with van der Waals surface area (Å²) in [6.45, 7) is 0. The van der Waals surface area contributed by atoms with Gasteiger partial charge in [0.1, 0.15) is 0 Å². The summed E-state index contributed by atoms with van der Waals surface area (Å²) >= 11 is 1.33. The van der Waals surface area contributed by atoms with Crippen LogP contribution in [-0.4, -0.2) is 30.0 Å². The monoisotopic (exact) mass is 277 g/mol. The number of nitrogen functional groups attached to an aromatic ring is 1. The Kier molecular flexibility index (Phi) is 3.96. The van der Waals surface area contributed by atoms with E-state index in [-0.39, 0.29) is 12.3 Å². The SMILES string of the molecule is CN(C)c1ncccc1NC(=O)Cc1csc(N)n1. The number of rotatable bonds is 4. The van der Waals surface area contributed by atoms with Crippen molar-refractivity contribution in [3.05, 3.63) is 29.4 Å². The van der Waals surface area contributed by atoms with Gasteiger partial charge in [-0.2, -0.15) is 0 Å². The second kappa shape index (κ2) is 5.66. The van der Waals surface area contributed by atoms with Crippen molar-refractivity contribution in [2.45, 2.75) is 6.42 Å². The molecule has 2 aromatic rings. The van der Waals surface area contributed by atoms with Crippen LogP contribution in [0, 0.1) is 0 Å². The van der Waals surface area contributed by atoms with Crippen molar-refractivity contribution in [2.24, 2.45) is 0 Å². The average Bonchev–Trinajstić information content (AvgIpc) is 2.75. The van der Waals surface area contributed by atoms with Gasteiger partial charge in [-0.1, -0.05) is 0 Å². The minimum absolute atomic E-state index is 0.138. The molecule has 2 aromatic heterocycles. The van der Waals surface area contributed by atoms with Crippen molar-refractivity contribution in [1.29, 1.82) is 0 Å². The third-order valence-electron chi connectivity index (χ3n) is 2.40. The Hall–Kier alpha value is -2.15. The first-order chi connectivity index (χ1) is 9.06. The van der Waals surface area contributed by atoms with Gasteiger partial charge in [0, 0.05) is 25.7 Å². The van der Waals surface area contributed by atoms with E-state index < -0.39 is 0 Å². The van der Waals surface area contributed by atoms with Crippen LogP contribution in [0.5, 0.6) is 0 Å². The van der Waals surface area contributed by atoms with E-state index in [0.717, 1.165) is 0 Å². The predicted octanol–water partition coefficient (Wildman–Crippen LogP) is 1.37. The maximum Gasteiger partial charge on any atom is 0.230 e.